The minimum atomic E-state index is -0.650. The van der Waals surface area contributed by atoms with Gasteiger partial charge < -0.3 is 24.3 Å². The van der Waals surface area contributed by atoms with Gasteiger partial charge in [0.25, 0.3) is 5.91 Å². The van der Waals surface area contributed by atoms with Gasteiger partial charge in [0.1, 0.15) is 0 Å². The third kappa shape index (κ3) is 4.62. The predicted octanol–water partition coefficient (Wildman–Crippen LogP) is 3.06. The summed E-state index contributed by atoms with van der Waals surface area (Å²) in [6.45, 7) is -0.367. The van der Waals surface area contributed by atoms with E-state index in [0.717, 1.165) is 24.8 Å². The molecule has 0 bridgehead atoms. The maximum Gasteiger partial charge on any atom is 0.338 e. The van der Waals surface area contributed by atoms with E-state index in [1.54, 1.807) is 0 Å². The van der Waals surface area contributed by atoms with Gasteiger partial charge in [-0.25, -0.2) is 4.79 Å². The number of ether oxygens (including phenoxy) is 4. The lowest BCUT2D eigenvalue weighted by molar-refractivity contribution is -0.125. The van der Waals surface area contributed by atoms with E-state index in [1.165, 1.54) is 39.0 Å². The van der Waals surface area contributed by atoms with Crippen LogP contribution in [0.2, 0.25) is 0 Å². The minimum Gasteiger partial charge on any atom is -0.493 e. The molecule has 2 aromatic rings. The van der Waals surface area contributed by atoms with E-state index < -0.39 is 5.97 Å². The average molecular weight is 399 g/mol. The molecule has 2 aromatic carbocycles. The van der Waals surface area contributed by atoms with Crippen molar-refractivity contribution >= 4 is 11.9 Å². The standard InChI is InChI=1S/C22H25NO6/c1-26-18-11-15(12-19(27-2)21(18)28-3)22(25)29-13-20(24)23-17-10-6-8-14-7-4-5-9-16(14)17/h4-5,7,9,11-12,17H,6,8,10,13H2,1-3H3,(H,23,24)/t17-/m1/s1. The summed E-state index contributed by atoms with van der Waals surface area (Å²) < 4.78 is 20.9. The van der Waals surface area contributed by atoms with Gasteiger partial charge in [0.05, 0.1) is 32.9 Å². The Labute approximate surface area is 169 Å². The van der Waals surface area contributed by atoms with Gasteiger partial charge in [-0.1, -0.05) is 24.3 Å². The number of fused-ring (bicyclic) bond motifs is 1. The van der Waals surface area contributed by atoms with Crippen LogP contribution in [0.3, 0.4) is 0 Å². The molecule has 0 aromatic heterocycles. The van der Waals surface area contributed by atoms with Crippen molar-refractivity contribution in [2.45, 2.75) is 25.3 Å². The van der Waals surface area contributed by atoms with Gasteiger partial charge in [-0.05, 0) is 42.5 Å². The maximum atomic E-state index is 12.4. The highest BCUT2D eigenvalue weighted by molar-refractivity contribution is 5.92. The van der Waals surface area contributed by atoms with Crippen molar-refractivity contribution < 1.29 is 28.5 Å². The highest BCUT2D eigenvalue weighted by Crippen LogP contribution is 2.38. The van der Waals surface area contributed by atoms with Gasteiger partial charge in [-0.3, -0.25) is 4.79 Å². The van der Waals surface area contributed by atoms with Crippen LogP contribution in [0, 0.1) is 0 Å². The molecule has 1 atom stereocenters. The summed E-state index contributed by atoms with van der Waals surface area (Å²) in [6.07, 6.45) is 2.88. The van der Waals surface area contributed by atoms with Gasteiger partial charge in [-0.2, -0.15) is 0 Å². The monoisotopic (exact) mass is 399 g/mol. The number of esters is 1. The van der Waals surface area contributed by atoms with Crippen LogP contribution in [0.4, 0.5) is 0 Å². The van der Waals surface area contributed by atoms with E-state index in [2.05, 4.69) is 11.4 Å². The number of aryl methyl sites for hydroxylation is 1. The van der Waals surface area contributed by atoms with Crippen molar-refractivity contribution in [3.63, 3.8) is 0 Å². The number of carbonyl (C=O) groups is 2. The number of amides is 1. The number of rotatable bonds is 7. The molecule has 7 heteroatoms. The summed E-state index contributed by atoms with van der Waals surface area (Å²) >= 11 is 0. The normalized spacial score (nSPS) is 15.1. The summed E-state index contributed by atoms with van der Waals surface area (Å²) in [4.78, 5) is 24.8. The number of methoxy groups -OCH3 is 3. The van der Waals surface area contributed by atoms with Crippen molar-refractivity contribution in [1.29, 1.82) is 0 Å². The molecular weight excluding hydrogens is 374 g/mol. The van der Waals surface area contributed by atoms with E-state index in [4.69, 9.17) is 18.9 Å². The quantitative estimate of drug-likeness (QED) is 0.721. The van der Waals surface area contributed by atoms with E-state index in [1.807, 2.05) is 18.2 Å². The Morgan fingerprint density at radius 3 is 2.38 bits per heavy atom. The number of hydrogen-bond acceptors (Lipinski definition) is 6. The first-order valence-electron chi connectivity index (χ1n) is 9.41. The summed E-state index contributed by atoms with van der Waals surface area (Å²) in [5, 5.41) is 2.96. The van der Waals surface area contributed by atoms with Gasteiger partial charge in [0.2, 0.25) is 5.75 Å². The molecule has 29 heavy (non-hydrogen) atoms. The third-order valence-corrected chi connectivity index (χ3v) is 4.94. The zero-order chi connectivity index (χ0) is 20.8. The highest BCUT2D eigenvalue weighted by atomic mass is 16.5. The second-order valence-corrected chi connectivity index (χ2v) is 6.70. The molecular formula is C22H25NO6. The Morgan fingerprint density at radius 2 is 1.72 bits per heavy atom. The minimum absolute atomic E-state index is 0.0627. The van der Waals surface area contributed by atoms with Crippen molar-refractivity contribution in [2.24, 2.45) is 0 Å². The number of carbonyl (C=O) groups excluding carboxylic acids is 2. The summed E-state index contributed by atoms with van der Waals surface area (Å²) in [6, 6.07) is 11.0. The van der Waals surface area contributed by atoms with Crippen molar-refractivity contribution in [3.8, 4) is 17.2 Å². The summed E-state index contributed by atoms with van der Waals surface area (Å²) in [5.74, 6) is 0.0559. The maximum absolute atomic E-state index is 12.4. The SMILES string of the molecule is COc1cc(C(=O)OCC(=O)N[C@@H]2CCCc3ccccc32)cc(OC)c1OC. The molecule has 3 rings (SSSR count). The van der Waals surface area contributed by atoms with Gasteiger partial charge >= 0.3 is 5.97 Å². The van der Waals surface area contributed by atoms with Crippen LogP contribution < -0.4 is 19.5 Å². The highest BCUT2D eigenvalue weighted by Gasteiger charge is 2.23. The fourth-order valence-electron chi connectivity index (χ4n) is 3.55. The van der Waals surface area contributed by atoms with Crippen LogP contribution in [0.5, 0.6) is 17.2 Å². The topological polar surface area (TPSA) is 83.1 Å². The third-order valence-electron chi connectivity index (χ3n) is 4.94. The van der Waals surface area contributed by atoms with E-state index in [0.29, 0.717) is 17.2 Å². The zero-order valence-electron chi connectivity index (χ0n) is 16.8. The first-order valence-corrected chi connectivity index (χ1v) is 9.41. The van der Waals surface area contributed by atoms with Crippen molar-refractivity contribution in [1.82, 2.24) is 5.32 Å². The molecule has 7 nitrogen and oxygen atoms in total. The van der Waals surface area contributed by atoms with Crippen LogP contribution in [0.25, 0.3) is 0 Å². The first-order chi connectivity index (χ1) is 14.1. The van der Waals surface area contributed by atoms with E-state index >= 15 is 0 Å². The fourth-order valence-corrected chi connectivity index (χ4v) is 3.55. The molecule has 1 aliphatic rings. The Bertz CT molecular complexity index is 870. The lowest BCUT2D eigenvalue weighted by atomic mass is 9.88. The second kappa shape index (κ2) is 9.32. The van der Waals surface area contributed by atoms with Crippen LogP contribution in [-0.2, 0) is 16.0 Å². The van der Waals surface area contributed by atoms with Gasteiger partial charge in [0.15, 0.2) is 18.1 Å². The largest absolute Gasteiger partial charge is 0.493 e. The molecule has 0 saturated carbocycles. The molecule has 154 valence electrons. The Morgan fingerprint density at radius 1 is 1.03 bits per heavy atom. The molecule has 1 aliphatic carbocycles. The number of nitrogens with one attached hydrogen (secondary N) is 1. The number of hydrogen-bond donors (Lipinski definition) is 1. The van der Waals surface area contributed by atoms with Crippen LogP contribution in [0.15, 0.2) is 36.4 Å². The van der Waals surface area contributed by atoms with E-state index in [-0.39, 0.29) is 24.1 Å². The fraction of sp³-hybridized carbons (Fsp3) is 0.364. The Kier molecular flexibility index (Phi) is 6.59. The average Bonchev–Trinajstić information content (AvgIpc) is 2.76. The molecule has 0 saturated heterocycles. The van der Waals surface area contributed by atoms with Gasteiger partial charge in [0, 0.05) is 0 Å². The van der Waals surface area contributed by atoms with Crippen molar-refractivity contribution in [2.75, 3.05) is 27.9 Å². The number of benzene rings is 2. The van der Waals surface area contributed by atoms with Gasteiger partial charge in [-0.15, -0.1) is 0 Å². The molecule has 1 N–H and O–H groups in total. The first kappa shape index (κ1) is 20.5. The lowest BCUT2D eigenvalue weighted by Gasteiger charge is -2.26. The lowest BCUT2D eigenvalue weighted by Crippen LogP contribution is -2.34. The van der Waals surface area contributed by atoms with Crippen LogP contribution in [0.1, 0.15) is 40.4 Å². The second-order valence-electron chi connectivity index (χ2n) is 6.70. The Balaban J connectivity index is 1.63. The summed E-state index contributed by atoms with van der Waals surface area (Å²) in [5.41, 5.74) is 2.58. The summed E-state index contributed by atoms with van der Waals surface area (Å²) in [7, 11) is 4.40. The molecule has 0 spiro atoms. The van der Waals surface area contributed by atoms with Crippen LogP contribution >= 0.6 is 0 Å². The molecule has 0 fully saturated rings. The molecule has 0 unspecified atom stereocenters. The molecule has 0 aliphatic heterocycles. The zero-order valence-corrected chi connectivity index (χ0v) is 16.8. The smallest absolute Gasteiger partial charge is 0.338 e. The molecule has 0 radical (unpaired) electrons. The van der Waals surface area contributed by atoms with Crippen molar-refractivity contribution in [3.05, 3.63) is 53.1 Å². The molecule has 0 heterocycles. The molecule has 1 amide bonds. The van der Waals surface area contributed by atoms with E-state index in [9.17, 15) is 9.59 Å². The van der Waals surface area contributed by atoms with Crippen LogP contribution in [-0.4, -0.2) is 39.8 Å². The predicted molar refractivity (Wildman–Crippen MR) is 107 cm³/mol. The Hall–Kier alpha value is -3.22.